The van der Waals surface area contributed by atoms with Crippen LogP contribution in [0.1, 0.15) is 25.3 Å². The molecule has 0 aliphatic carbocycles. The largest absolute Gasteiger partial charge is 0.396 e. The van der Waals surface area contributed by atoms with Gasteiger partial charge in [-0.3, -0.25) is 14.4 Å². The Balaban J connectivity index is 2.01. The number of nitrogens with one attached hydrogen (secondary N) is 2. The van der Waals surface area contributed by atoms with E-state index >= 15 is 0 Å². The normalized spacial score (nSPS) is 19.3. The molecule has 1 fully saturated rings. The number of benzene rings is 1. The van der Waals surface area contributed by atoms with Crippen LogP contribution >= 0.6 is 0 Å². The van der Waals surface area contributed by atoms with Crippen LogP contribution in [0.15, 0.2) is 24.3 Å². The molecule has 1 heterocycles. The second-order valence-corrected chi connectivity index (χ2v) is 6.20. The summed E-state index contributed by atoms with van der Waals surface area (Å²) in [6.45, 7) is 2.09. The number of carbonyl (C=O) groups is 3. The van der Waals surface area contributed by atoms with E-state index in [1.807, 2.05) is 0 Å². The van der Waals surface area contributed by atoms with Crippen molar-refractivity contribution in [2.24, 2.45) is 0 Å². The Labute approximate surface area is 151 Å². The van der Waals surface area contributed by atoms with Crippen molar-refractivity contribution in [3.63, 3.8) is 0 Å². The molecule has 0 saturated carbocycles. The van der Waals surface area contributed by atoms with E-state index in [-0.39, 0.29) is 55.7 Å². The molecule has 1 aliphatic heterocycles. The van der Waals surface area contributed by atoms with Crippen LogP contribution < -0.4 is 10.6 Å². The molecule has 2 rings (SSSR count). The Bertz CT molecular complexity index is 642. The first-order valence-corrected chi connectivity index (χ1v) is 8.67. The summed E-state index contributed by atoms with van der Waals surface area (Å²) >= 11 is 0. The van der Waals surface area contributed by atoms with E-state index in [2.05, 4.69) is 10.6 Å². The van der Waals surface area contributed by atoms with Gasteiger partial charge in [-0.25, -0.2) is 4.39 Å². The number of likely N-dealkylation sites (tertiary alicyclic amines) is 1. The Hall–Kier alpha value is -2.48. The molecule has 0 spiro atoms. The molecule has 7 nitrogen and oxygen atoms in total. The molecule has 2 atom stereocenters. The van der Waals surface area contributed by atoms with Crippen molar-refractivity contribution >= 4 is 17.7 Å². The van der Waals surface area contributed by atoms with Gasteiger partial charge in [-0.05, 0) is 25.0 Å². The summed E-state index contributed by atoms with van der Waals surface area (Å²) in [5.41, 5.74) is 0.288. The molecule has 1 aromatic carbocycles. The second-order valence-electron chi connectivity index (χ2n) is 6.20. The van der Waals surface area contributed by atoms with Crippen molar-refractivity contribution < 1.29 is 23.9 Å². The van der Waals surface area contributed by atoms with Crippen molar-refractivity contribution in [3.05, 3.63) is 35.6 Å². The number of aliphatic hydroxyl groups is 1. The zero-order chi connectivity index (χ0) is 19.1. The molecule has 0 bridgehead atoms. The van der Waals surface area contributed by atoms with Gasteiger partial charge >= 0.3 is 0 Å². The Morgan fingerprint density at radius 3 is 2.69 bits per heavy atom. The van der Waals surface area contributed by atoms with E-state index < -0.39 is 17.9 Å². The van der Waals surface area contributed by atoms with Crippen LogP contribution in [0, 0.1) is 5.82 Å². The maximum absolute atomic E-state index is 13.7. The fourth-order valence-electron chi connectivity index (χ4n) is 3.09. The quantitative estimate of drug-likeness (QED) is 0.632. The maximum atomic E-state index is 13.7. The number of hydrogen-bond acceptors (Lipinski definition) is 4. The highest BCUT2D eigenvalue weighted by molar-refractivity contribution is 5.89. The zero-order valence-electron chi connectivity index (χ0n) is 14.7. The molecule has 0 aromatic heterocycles. The fourth-order valence-corrected chi connectivity index (χ4v) is 3.09. The first-order chi connectivity index (χ1) is 12.5. The zero-order valence-corrected chi connectivity index (χ0v) is 14.7. The van der Waals surface area contributed by atoms with Crippen molar-refractivity contribution in [1.29, 1.82) is 0 Å². The van der Waals surface area contributed by atoms with Gasteiger partial charge in [0.1, 0.15) is 11.9 Å². The number of likely N-dealkylation sites (N-methyl/N-ethyl adjacent to an activating group) is 1. The third-order valence-corrected chi connectivity index (χ3v) is 4.27. The summed E-state index contributed by atoms with van der Waals surface area (Å²) in [6.07, 6.45) is 0.0946. The van der Waals surface area contributed by atoms with Crippen molar-refractivity contribution in [2.45, 2.75) is 38.3 Å². The van der Waals surface area contributed by atoms with Crippen molar-refractivity contribution in [1.82, 2.24) is 15.5 Å². The summed E-state index contributed by atoms with van der Waals surface area (Å²) in [5.74, 6) is -1.44. The first kappa shape index (κ1) is 19.8. The summed E-state index contributed by atoms with van der Waals surface area (Å²) in [7, 11) is 0. The summed E-state index contributed by atoms with van der Waals surface area (Å²) in [4.78, 5) is 37.9. The molecular formula is C18H24FN3O4. The Kier molecular flexibility index (Phi) is 7.08. The molecule has 26 heavy (non-hydrogen) atoms. The van der Waals surface area contributed by atoms with Crippen molar-refractivity contribution in [2.75, 3.05) is 19.7 Å². The van der Waals surface area contributed by atoms with E-state index in [0.29, 0.717) is 6.54 Å². The van der Waals surface area contributed by atoms with Gasteiger partial charge in [0.05, 0.1) is 13.0 Å². The molecule has 1 aromatic rings. The van der Waals surface area contributed by atoms with Crippen molar-refractivity contribution in [3.8, 4) is 0 Å². The van der Waals surface area contributed by atoms with Gasteiger partial charge in [-0.2, -0.15) is 0 Å². The minimum Gasteiger partial charge on any atom is -0.396 e. The van der Waals surface area contributed by atoms with E-state index in [9.17, 15) is 18.8 Å². The van der Waals surface area contributed by atoms with Gasteiger partial charge in [-0.15, -0.1) is 0 Å². The SMILES string of the molecule is CCNC(=O)[C@@H]1C[C@H](NC(=O)Cc2ccccc2F)CN1C(=O)CCO. The smallest absolute Gasteiger partial charge is 0.242 e. The lowest BCUT2D eigenvalue weighted by atomic mass is 10.1. The predicted molar refractivity (Wildman–Crippen MR) is 92.5 cm³/mol. The van der Waals surface area contributed by atoms with Gasteiger partial charge in [0.25, 0.3) is 0 Å². The topological polar surface area (TPSA) is 98.7 Å². The van der Waals surface area contributed by atoms with Gasteiger partial charge in [0.15, 0.2) is 0 Å². The van der Waals surface area contributed by atoms with E-state index in [4.69, 9.17) is 5.11 Å². The molecular weight excluding hydrogens is 341 g/mol. The minimum absolute atomic E-state index is 0.0776. The predicted octanol–water partition coefficient (Wildman–Crippen LogP) is -0.0276. The molecule has 0 unspecified atom stereocenters. The van der Waals surface area contributed by atoms with Crippen LogP contribution in [-0.2, 0) is 20.8 Å². The minimum atomic E-state index is -0.687. The van der Waals surface area contributed by atoms with E-state index in [1.54, 1.807) is 19.1 Å². The second kappa shape index (κ2) is 9.28. The number of carbonyl (C=O) groups excluding carboxylic acids is 3. The monoisotopic (exact) mass is 365 g/mol. The summed E-state index contributed by atoms with van der Waals surface area (Å²) in [5, 5.41) is 14.4. The van der Waals surface area contributed by atoms with Crippen LogP contribution in [0.5, 0.6) is 0 Å². The van der Waals surface area contributed by atoms with Crippen LogP contribution in [0.4, 0.5) is 4.39 Å². The third-order valence-electron chi connectivity index (χ3n) is 4.27. The van der Waals surface area contributed by atoms with E-state index in [1.165, 1.54) is 17.0 Å². The van der Waals surface area contributed by atoms with Gasteiger partial charge in [0.2, 0.25) is 17.7 Å². The third kappa shape index (κ3) is 5.01. The standard InChI is InChI=1S/C18H24FN3O4/c1-2-20-18(26)15-10-13(11-22(15)17(25)7-8-23)21-16(24)9-12-5-3-4-6-14(12)19/h3-6,13,15,23H,2,7-11H2,1H3,(H,20,26)(H,21,24)/t13-,15-/m0/s1. The summed E-state index contributed by atoms with van der Waals surface area (Å²) < 4.78 is 13.7. The number of halogens is 1. The highest BCUT2D eigenvalue weighted by Gasteiger charge is 2.39. The highest BCUT2D eigenvalue weighted by atomic mass is 19.1. The fraction of sp³-hybridized carbons (Fsp3) is 0.500. The van der Waals surface area contributed by atoms with Crippen LogP contribution in [-0.4, -0.2) is 59.5 Å². The number of nitrogens with zero attached hydrogens (tertiary/aromatic N) is 1. The Morgan fingerprint density at radius 1 is 1.31 bits per heavy atom. The Morgan fingerprint density at radius 2 is 2.04 bits per heavy atom. The molecule has 142 valence electrons. The van der Waals surface area contributed by atoms with Crippen LogP contribution in [0.2, 0.25) is 0 Å². The number of rotatable bonds is 7. The summed E-state index contributed by atoms with van der Waals surface area (Å²) in [6, 6.07) is 4.95. The lowest BCUT2D eigenvalue weighted by Gasteiger charge is -2.23. The lowest BCUT2D eigenvalue weighted by molar-refractivity contribution is -0.138. The van der Waals surface area contributed by atoms with Gasteiger partial charge in [0, 0.05) is 25.6 Å². The average molecular weight is 365 g/mol. The van der Waals surface area contributed by atoms with E-state index in [0.717, 1.165) is 0 Å². The molecule has 1 aliphatic rings. The molecule has 3 N–H and O–H groups in total. The number of hydrogen-bond donors (Lipinski definition) is 3. The number of aliphatic hydroxyl groups excluding tert-OH is 1. The molecule has 8 heteroatoms. The first-order valence-electron chi connectivity index (χ1n) is 8.67. The molecule has 3 amide bonds. The highest BCUT2D eigenvalue weighted by Crippen LogP contribution is 2.20. The van der Waals surface area contributed by atoms with Crippen LogP contribution in [0.25, 0.3) is 0 Å². The average Bonchev–Trinajstić information content (AvgIpc) is 3.01. The van der Waals surface area contributed by atoms with Gasteiger partial charge in [-0.1, -0.05) is 18.2 Å². The molecule has 0 radical (unpaired) electrons. The van der Waals surface area contributed by atoms with Crippen LogP contribution in [0.3, 0.4) is 0 Å². The lowest BCUT2D eigenvalue weighted by Crippen LogP contribution is -2.46. The maximum Gasteiger partial charge on any atom is 0.242 e. The van der Waals surface area contributed by atoms with Gasteiger partial charge < -0.3 is 20.6 Å². The number of amides is 3. The molecule has 1 saturated heterocycles.